The van der Waals surface area contributed by atoms with E-state index in [2.05, 4.69) is 20.8 Å². The molecule has 1 aromatic heterocycles. The number of aromatic nitrogens is 2. The van der Waals surface area contributed by atoms with Crippen LogP contribution in [0.4, 0.5) is 5.13 Å². The van der Waals surface area contributed by atoms with E-state index in [1.54, 1.807) is 6.92 Å². The Balaban J connectivity index is 2.41. The highest BCUT2D eigenvalue weighted by Crippen LogP contribution is 2.10. The lowest BCUT2D eigenvalue weighted by atomic mass is 10.3. The average Bonchev–Trinajstić information content (AvgIpc) is 2.76. The molecule has 4 N–H and O–H groups in total. The van der Waals surface area contributed by atoms with Gasteiger partial charge in [0.15, 0.2) is 0 Å². The molecular formula is C9H15N5O3S. The Morgan fingerprint density at radius 1 is 1.50 bits per heavy atom. The topological polar surface area (TPSA) is 119 Å². The fourth-order valence-electron chi connectivity index (χ4n) is 1.08. The molecule has 0 aromatic carbocycles. The van der Waals surface area contributed by atoms with Crippen LogP contribution in [0.15, 0.2) is 0 Å². The van der Waals surface area contributed by atoms with Crippen molar-refractivity contribution in [2.75, 3.05) is 26.0 Å². The van der Waals surface area contributed by atoms with E-state index >= 15 is 0 Å². The average molecular weight is 273 g/mol. The standard InChI is InChI=1S/C9H15N5O3S/c1-5(6(15)11-3-4-17-2)12-7(16)8-13-14-9(10)18-8/h5H,3-4H2,1-2H3,(H2,10,14)(H,11,15)(H,12,16). The number of nitrogen functional groups attached to an aromatic ring is 1. The van der Waals surface area contributed by atoms with Crippen molar-refractivity contribution in [1.82, 2.24) is 20.8 Å². The monoisotopic (exact) mass is 273 g/mol. The first-order chi connectivity index (χ1) is 8.54. The Bertz CT molecular complexity index is 422. The summed E-state index contributed by atoms with van der Waals surface area (Å²) in [7, 11) is 1.54. The molecule has 0 spiro atoms. The molecule has 100 valence electrons. The first-order valence-electron chi connectivity index (χ1n) is 5.21. The van der Waals surface area contributed by atoms with Crippen molar-refractivity contribution in [3.8, 4) is 0 Å². The minimum absolute atomic E-state index is 0.129. The second-order valence-electron chi connectivity index (χ2n) is 3.42. The molecule has 0 aliphatic carbocycles. The molecule has 1 rings (SSSR count). The maximum atomic E-state index is 11.6. The number of ether oxygens (including phenoxy) is 1. The number of nitrogens with two attached hydrogens (primary N) is 1. The van der Waals surface area contributed by atoms with Gasteiger partial charge in [-0.05, 0) is 6.92 Å². The summed E-state index contributed by atoms with van der Waals surface area (Å²) in [5, 5.41) is 12.5. The van der Waals surface area contributed by atoms with E-state index in [-0.39, 0.29) is 16.0 Å². The second kappa shape index (κ2) is 6.87. The Morgan fingerprint density at radius 3 is 2.78 bits per heavy atom. The van der Waals surface area contributed by atoms with Gasteiger partial charge >= 0.3 is 0 Å². The second-order valence-corrected chi connectivity index (χ2v) is 4.43. The largest absolute Gasteiger partial charge is 0.383 e. The number of amides is 2. The Hall–Kier alpha value is -1.74. The number of carbonyl (C=O) groups is 2. The lowest BCUT2D eigenvalue weighted by Crippen LogP contribution is -2.45. The van der Waals surface area contributed by atoms with Crippen LogP contribution in [0, 0.1) is 0 Å². The van der Waals surface area contributed by atoms with Crippen molar-refractivity contribution >= 4 is 28.3 Å². The van der Waals surface area contributed by atoms with E-state index in [0.717, 1.165) is 11.3 Å². The first-order valence-corrected chi connectivity index (χ1v) is 6.02. The highest BCUT2D eigenvalue weighted by Gasteiger charge is 2.18. The molecule has 18 heavy (non-hydrogen) atoms. The predicted octanol–water partition coefficient (Wildman–Crippen LogP) is -0.999. The van der Waals surface area contributed by atoms with E-state index in [1.165, 1.54) is 7.11 Å². The van der Waals surface area contributed by atoms with Gasteiger partial charge in [0.05, 0.1) is 6.61 Å². The molecule has 8 nitrogen and oxygen atoms in total. The van der Waals surface area contributed by atoms with Gasteiger partial charge in [0.1, 0.15) is 6.04 Å². The molecule has 9 heteroatoms. The molecule has 2 amide bonds. The van der Waals surface area contributed by atoms with Crippen LogP contribution in [0.25, 0.3) is 0 Å². The van der Waals surface area contributed by atoms with Gasteiger partial charge in [0.25, 0.3) is 5.91 Å². The number of nitrogens with zero attached hydrogens (tertiary/aromatic N) is 2. The van der Waals surface area contributed by atoms with Crippen molar-refractivity contribution < 1.29 is 14.3 Å². The molecule has 1 aromatic rings. The van der Waals surface area contributed by atoms with Gasteiger partial charge < -0.3 is 21.1 Å². The molecule has 1 unspecified atom stereocenters. The van der Waals surface area contributed by atoms with Crippen LogP contribution in [0.3, 0.4) is 0 Å². The Kier molecular flexibility index (Phi) is 5.46. The number of anilines is 1. The zero-order chi connectivity index (χ0) is 13.5. The number of hydrogen-bond donors (Lipinski definition) is 3. The van der Waals surface area contributed by atoms with Crippen molar-refractivity contribution in [3.05, 3.63) is 5.01 Å². The molecular weight excluding hydrogens is 258 g/mol. The smallest absolute Gasteiger partial charge is 0.282 e. The van der Waals surface area contributed by atoms with Gasteiger partial charge in [-0.3, -0.25) is 9.59 Å². The number of carbonyl (C=O) groups excluding carboxylic acids is 2. The van der Waals surface area contributed by atoms with E-state index in [4.69, 9.17) is 10.5 Å². The van der Waals surface area contributed by atoms with Gasteiger partial charge in [-0.2, -0.15) is 0 Å². The minimum atomic E-state index is -0.667. The number of methoxy groups -OCH3 is 1. The molecule has 0 aliphatic rings. The molecule has 0 radical (unpaired) electrons. The zero-order valence-corrected chi connectivity index (χ0v) is 10.9. The van der Waals surface area contributed by atoms with Gasteiger partial charge in [-0.1, -0.05) is 11.3 Å². The molecule has 0 saturated carbocycles. The van der Waals surface area contributed by atoms with E-state index in [0.29, 0.717) is 13.2 Å². The summed E-state index contributed by atoms with van der Waals surface area (Å²) in [5.74, 6) is -0.767. The summed E-state index contributed by atoms with van der Waals surface area (Å²) in [6.45, 7) is 2.38. The summed E-state index contributed by atoms with van der Waals surface area (Å²) in [6.07, 6.45) is 0. The van der Waals surface area contributed by atoms with Crippen LogP contribution >= 0.6 is 11.3 Å². The van der Waals surface area contributed by atoms with Gasteiger partial charge in [0.2, 0.25) is 16.0 Å². The van der Waals surface area contributed by atoms with Crippen LogP contribution in [-0.2, 0) is 9.53 Å². The number of rotatable bonds is 6. The van der Waals surface area contributed by atoms with E-state index < -0.39 is 11.9 Å². The lowest BCUT2D eigenvalue weighted by Gasteiger charge is -2.12. The maximum Gasteiger partial charge on any atom is 0.282 e. The lowest BCUT2D eigenvalue weighted by molar-refractivity contribution is -0.122. The molecule has 0 fully saturated rings. The van der Waals surface area contributed by atoms with Crippen molar-refractivity contribution in [2.24, 2.45) is 0 Å². The zero-order valence-electron chi connectivity index (χ0n) is 10.1. The molecule has 0 aliphatic heterocycles. The van der Waals surface area contributed by atoms with Crippen LogP contribution in [-0.4, -0.2) is 48.3 Å². The first kappa shape index (κ1) is 14.3. The van der Waals surface area contributed by atoms with E-state index in [9.17, 15) is 9.59 Å². The van der Waals surface area contributed by atoms with Crippen molar-refractivity contribution in [3.63, 3.8) is 0 Å². The Morgan fingerprint density at radius 2 is 2.22 bits per heavy atom. The fraction of sp³-hybridized carbons (Fsp3) is 0.556. The Labute approximate surface area is 108 Å². The fourth-order valence-corrected chi connectivity index (χ4v) is 1.59. The van der Waals surface area contributed by atoms with Gasteiger partial charge in [0, 0.05) is 13.7 Å². The third kappa shape index (κ3) is 4.26. The van der Waals surface area contributed by atoms with Crippen LogP contribution in [0.2, 0.25) is 0 Å². The van der Waals surface area contributed by atoms with Crippen molar-refractivity contribution in [2.45, 2.75) is 13.0 Å². The summed E-state index contributed by atoms with van der Waals surface area (Å²) in [6, 6.07) is -0.667. The van der Waals surface area contributed by atoms with E-state index in [1.807, 2.05) is 0 Å². The summed E-state index contributed by atoms with van der Waals surface area (Å²) < 4.78 is 4.79. The molecule has 1 heterocycles. The quantitative estimate of drug-likeness (QED) is 0.572. The SMILES string of the molecule is COCCNC(=O)C(C)NC(=O)c1nnc(N)s1. The summed E-state index contributed by atoms with van der Waals surface area (Å²) in [5.41, 5.74) is 5.36. The van der Waals surface area contributed by atoms with Crippen molar-refractivity contribution in [1.29, 1.82) is 0 Å². The van der Waals surface area contributed by atoms with Crippen LogP contribution in [0.1, 0.15) is 16.7 Å². The predicted molar refractivity (Wildman–Crippen MR) is 66.1 cm³/mol. The maximum absolute atomic E-state index is 11.6. The highest BCUT2D eigenvalue weighted by atomic mass is 32.1. The highest BCUT2D eigenvalue weighted by molar-refractivity contribution is 7.16. The summed E-state index contributed by atoms with van der Waals surface area (Å²) in [4.78, 5) is 23.2. The van der Waals surface area contributed by atoms with Gasteiger partial charge in [-0.25, -0.2) is 0 Å². The summed E-state index contributed by atoms with van der Waals surface area (Å²) >= 11 is 0.963. The molecule has 0 saturated heterocycles. The minimum Gasteiger partial charge on any atom is -0.383 e. The third-order valence-corrected chi connectivity index (χ3v) is 2.73. The van der Waals surface area contributed by atoms with Crippen LogP contribution in [0.5, 0.6) is 0 Å². The normalized spacial score (nSPS) is 11.9. The number of hydrogen-bond acceptors (Lipinski definition) is 7. The molecule has 0 bridgehead atoms. The molecule has 1 atom stereocenters. The number of nitrogens with one attached hydrogen (secondary N) is 2. The van der Waals surface area contributed by atoms with Gasteiger partial charge in [-0.15, -0.1) is 10.2 Å². The van der Waals surface area contributed by atoms with Crippen LogP contribution < -0.4 is 16.4 Å². The third-order valence-electron chi connectivity index (χ3n) is 1.98.